The second-order valence-corrected chi connectivity index (χ2v) is 8.13. The number of nitrogens with zero attached hydrogens (tertiary/aromatic N) is 2. The van der Waals surface area contributed by atoms with Crippen molar-refractivity contribution in [2.24, 2.45) is 5.92 Å². The van der Waals surface area contributed by atoms with E-state index in [0.29, 0.717) is 18.1 Å². The van der Waals surface area contributed by atoms with Crippen molar-refractivity contribution in [3.05, 3.63) is 0 Å². The molecule has 0 aliphatic carbocycles. The summed E-state index contributed by atoms with van der Waals surface area (Å²) in [4.78, 5) is 16.8. The summed E-state index contributed by atoms with van der Waals surface area (Å²) in [6.07, 6.45) is 6.33. The number of amides is 1. The Bertz CT molecular complexity index is 349. The molecule has 0 aromatic rings. The van der Waals surface area contributed by atoms with E-state index in [1.807, 2.05) is 13.2 Å². The molecule has 0 spiro atoms. The number of carbonyl (C=O) groups is 1. The zero-order valence-electron chi connectivity index (χ0n) is 14.6. The number of morpholine rings is 1. The van der Waals surface area contributed by atoms with Crippen molar-refractivity contribution in [3.63, 3.8) is 0 Å². The largest absolute Gasteiger partial charge is 0.373 e. The zero-order valence-corrected chi connectivity index (χ0v) is 15.4. The van der Waals surface area contributed by atoms with Crippen molar-refractivity contribution in [1.82, 2.24) is 9.80 Å². The van der Waals surface area contributed by atoms with Gasteiger partial charge in [-0.25, -0.2) is 0 Å². The highest BCUT2D eigenvalue weighted by Gasteiger charge is 2.27. The van der Waals surface area contributed by atoms with Gasteiger partial charge in [0.05, 0.1) is 17.5 Å². The van der Waals surface area contributed by atoms with E-state index in [0.717, 1.165) is 32.1 Å². The topological polar surface area (TPSA) is 32.8 Å². The van der Waals surface area contributed by atoms with E-state index in [2.05, 4.69) is 23.6 Å². The molecule has 3 unspecified atom stereocenters. The molecule has 0 N–H and O–H groups in total. The van der Waals surface area contributed by atoms with Crippen LogP contribution >= 0.6 is 11.8 Å². The number of hydrogen-bond donors (Lipinski definition) is 0. The van der Waals surface area contributed by atoms with Gasteiger partial charge in [0.25, 0.3) is 0 Å². The lowest BCUT2D eigenvalue weighted by Gasteiger charge is -2.37. The summed E-state index contributed by atoms with van der Waals surface area (Å²) < 4.78 is 5.79. The van der Waals surface area contributed by atoms with Crippen LogP contribution in [0.5, 0.6) is 0 Å². The molecular weight excluding hydrogens is 296 g/mol. The third-order valence-electron chi connectivity index (χ3n) is 4.98. The summed E-state index contributed by atoms with van der Waals surface area (Å²) in [6, 6.07) is 0. The maximum atomic E-state index is 12.2. The van der Waals surface area contributed by atoms with Gasteiger partial charge < -0.3 is 9.64 Å². The first-order valence-electron chi connectivity index (χ1n) is 8.69. The average Bonchev–Trinajstić information content (AvgIpc) is 2.51. The number of thioether (sulfide) groups is 1. The first-order chi connectivity index (χ1) is 10.5. The SMILES string of the molecule is CSC(C)C(=O)N1CCC(CCN2CC(C)OC(C)C2)CC1. The Morgan fingerprint density at radius 2 is 1.82 bits per heavy atom. The third kappa shape index (κ3) is 5.14. The lowest BCUT2D eigenvalue weighted by atomic mass is 9.93. The number of piperidine rings is 1. The predicted octanol–water partition coefficient (Wildman–Crippen LogP) is 2.48. The molecule has 3 atom stereocenters. The van der Waals surface area contributed by atoms with Gasteiger partial charge in [0.1, 0.15) is 0 Å². The third-order valence-corrected chi connectivity index (χ3v) is 5.89. The van der Waals surface area contributed by atoms with Crippen LogP contribution in [0.4, 0.5) is 0 Å². The van der Waals surface area contributed by atoms with Crippen LogP contribution < -0.4 is 0 Å². The molecule has 5 heteroatoms. The Labute approximate surface area is 139 Å². The van der Waals surface area contributed by atoms with Gasteiger partial charge in [-0.05, 0) is 58.8 Å². The number of ether oxygens (including phenoxy) is 1. The second-order valence-electron chi connectivity index (χ2n) is 6.95. The van der Waals surface area contributed by atoms with Gasteiger partial charge in [-0.3, -0.25) is 9.69 Å². The molecule has 4 nitrogen and oxygen atoms in total. The van der Waals surface area contributed by atoms with Gasteiger partial charge in [-0.1, -0.05) is 0 Å². The first-order valence-corrected chi connectivity index (χ1v) is 9.97. The fourth-order valence-corrected chi connectivity index (χ4v) is 3.98. The smallest absolute Gasteiger partial charge is 0.235 e. The second kappa shape index (κ2) is 8.55. The van der Waals surface area contributed by atoms with Crippen LogP contribution in [0.1, 0.15) is 40.0 Å². The van der Waals surface area contributed by atoms with Crippen molar-refractivity contribution in [2.45, 2.75) is 57.5 Å². The summed E-state index contributed by atoms with van der Waals surface area (Å²) in [5.74, 6) is 1.10. The van der Waals surface area contributed by atoms with Crippen molar-refractivity contribution in [3.8, 4) is 0 Å². The summed E-state index contributed by atoms with van der Waals surface area (Å²) in [7, 11) is 0. The number of hydrogen-bond acceptors (Lipinski definition) is 4. The zero-order chi connectivity index (χ0) is 16.1. The Kier molecular flexibility index (Phi) is 7.03. The summed E-state index contributed by atoms with van der Waals surface area (Å²) in [5.41, 5.74) is 0. The molecule has 0 saturated carbocycles. The fraction of sp³-hybridized carbons (Fsp3) is 0.941. The minimum absolute atomic E-state index is 0.105. The van der Waals surface area contributed by atoms with Gasteiger partial charge in [0.2, 0.25) is 5.91 Å². The number of carbonyl (C=O) groups excluding carboxylic acids is 1. The standard InChI is InChI=1S/C17H32N2O2S/c1-13-11-18(12-14(2)21-13)8-5-16-6-9-19(10-7-16)17(20)15(3)22-4/h13-16H,5-12H2,1-4H3. The molecule has 0 bridgehead atoms. The monoisotopic (exact) mass is 328 g/mol. The van der Waals surface area contributed by atoms with Gasteiger partial charge in [-0.15, -0.1) is 0 Å². The van der Waals surface area contributed by atoms with E-state index in [-0.39, 0.29) is 5.25 Å². The molecule has 2 aliphatic heterocycles. The molecule has 2 rings (SSSR count). The van der Waals surface area contributed by atoms with E-state index in [9.17, 15) is 4.79 Å². The normalized spacial score (nSPS) is 29.5. The molecule has 0 radical (unpaired) electrons. The molecular formula is C17H32N2O2S. The molecule has 2 heterocycles. The molecule has 2 saturated heterocycles. The van der Waals surface area contributed by atoms with Crippen LogP contribution in [-0.4, -0.2) is 72.1 Å². The van der Waals surface area contributed by atoms with E-state index in [4.69, 9.17) is 4.74 Å². The van der Waals surface area contributed by atoms with Crippen molar-refractivity contribution >= 4 is 17.7 Å². The van der Waals surface area contributed by atoms with Crippen LogP contribution in [0.3, 0.4) is 0 Å². The van der Waals surface area contributed by atoms with Crippen molar-refractivity contribution < 1.29 is 9.53 Å². The van der Waals surface area contributed by atoms with Crippen molar-refractivity contribution in [2.75, 3.05) is 39.0 Å². The van der Waals surface area contributed by atoms with E-state index in [1.54, 1.807) is 11.8 Å². The highest BCUT2D eigenvalue weighted by Crippen LogP contribution is 2.23. The molecule has 1 amide bonds. The summed E-state index contributed by atoms with van der Waals surface area (Å²) in [5, 5.41) is 0.105. The Balaban J connectivity index is 1.68. The van der Waals surface area contributed by atoms with Gasteiger partial charge in [-0.2, -0.15) is 11.8 Å². The number of likely N-dealkylation sites (tertiary alicyclic amines) is 1. The fourth-order valence-electron chi connectivity index (χ4n) is 3.63. The highest BCUT2D eigenvalue weighted by atomic mass is 32.2. The van der Waals surface area contributed by atoms with Gasteiger partial charge in [0, 0.05) is 26.2 Å². The van der Waals surface area contributed by atoms with Crippen molar-refractivity contribution in [1.29, 1.82) is 0 Å². The maximum absolute atomic E-state index is 12.2. The molecule has 0 aromatic carbocycles. The van der Waals surface area contributed by atoms with Crippen LogP contribution in [0.25, 0.3) is 0 Å². The van der Waals surface area contributed by atoms with Gasteiger partial charge >= 0.3 is 0 Å². The summed E-state index contributed by atoms with van der Waals surface area (Å²) in [6.45, 7) is 11.5. The minimum Gasteiger partial charge on any atom is -0.373 e. The van der Waals surface area contributed by atoms with Crippen LogP contribution in [0.15, 0.2) is 0 Å². The van der Waals surface area contributed by atoms with Gasteiger partial charge in [0.15, 0.2) is 0 Å². The van der Waals surface area contributed by atoms with Crippen LogP contribution in [0, 0.1) is 5.92 Å². The molecule has 2 fully saturated rings. The Morgan fingerprint density at radius 3 is 2.36 bits per heavy atom. The number of rotatable bonds is 5. The maximum Gasteiger partial charge on any atom is 0.235 e. The average molecular weight is 329 g/mol. The highest BCUT2D eigenvalue weighted by molar-refractivity contribution is 7.99. The van der Waals surface area contributed by atoms with Crippen LogP contribution in [-0.2, 0) is 9.53 Å². The molecule has 22 heavy (non-hydrogen) atoms. The quantitative estimate of drug-likeness (QED) is 0.776. The molecule has 0 aromatic heterocycles. The Morgan fingerprint density at radius 1 is 1.23 bits per heavy atom. The van der Waals surface area contributed by atoms with E-state index in [1.165, 1.54) is 25.8 Å². The molecule has 128 valence electrons. The predicted molar refractivity (Wildman–Crippen MR) is 93.3 cm³/mol. The Hall–Kier alpha value is -0.260. The molecule has 2 aliphatic rings. The lowest BCUT2D eigenvalue weighted by molar-refractivity contribution is -0.131. The summed E-state index contributed by atoms with van der Waals surface area (Å²) >= 11 is 1.65. The lowest BCUT2D eigenvalue weighted by Crippen LogP contribution is -2.46. The minimum atomic E-state index is 0.105. The first kappa shape index (κ1) is 18.1. The van der Waals surface area contributed by atoms with Crippen LogP contribution in [0.2, 0.25) is 0 Å². The van der Waals surface area contributed by atoms with E-state index >= 15 is 0 Å². The van der Waals surface area contributed by atoms with E-state index < -0.39 is 0 Å².